The predicted octanol–water partition coefficient (Wildman–Crippen LogP) is 3.25. The SMILES string of the molecule is NC(=O)c1nc(-c2c(F)cccc2F)sc1-c1ccccn1. The molecule has 0 atom stereocenters. The van der Waals surface area contributed by atoms with Gasteiger partial charge in [-0.3, -0.25) is 9.78 Å². The number of primary amides is 1. The third kappa shape index (κ3) is 2.46. The highest BCUT2D eigenvalue weighted by Crippen LogP contribution is 2.36. The first kappa shape index (κ1) is 14.3. The fourth-order valence-corrected chi connectivity index (χ4v) is 3.06. The van der Waals surface area contributed by atoms with Gasteiger partial charge in [-0.25, -0.2) is 13.8 Å². The Morgan fingerprint density at radius 3 is 2.41 bits per heavy atom. The zero-order valence-electron chi connectivity index (χ0n) is 11.1. The lowest BCUT2D eigenvalue weighted by atomic mass is 10.2. The van der Waals surface area contributed by atoms with Gasteiger partial charge < -0.3 is 5.73 Å². The first-order valence-electron chi connectivity index (χ1n) is 6.24. The van der Waals surface area contributed by atoms with Crippen molar-refractivity contribution in [3.05, 3.63) is 59.9 Å². The summed E-state index contributed by atoms with van der Waals surface area (Å²) in [5.74, 6) is -2.28. The summed E-state index contributed by atoms with van der Waals surface area (Å²) in [6.45, 7) is 0. The standard InChI is InChI=1S/C15H9F2N3OS/c16-8-4-3-5-9(17)11(8)15-20-12(14(18)21)13(22-15)10-6-1-2-7-19-10/h1-7H,(H2,18,21). The number of amides is 1. The topological polar surface area (TPSA) is 68.9 Å². The number of halogens is 2. The third-order valence-electron chi connectivity index (χ3n) is 2.93. The Balaban J connectivity index is 2.22. The minimum Gasteiger partial charge on any atom is -0.364 e. The van der Waals surface area contributed by atoms with E-state index >= 15 is 0 Å². The molecule has 2 N–H and O–H groups in total. The molecule has 0 unspecified atom stereocenters. The fraction of sp³-hybridized carbons (Fsp3) is 0. The van der Waals surface area contributed by atoms with Gasteiger partial charge in [-0.1, -0.05) is 12.1 Å². The van der Waals surface area contributed by atoms with Gasteiger partial charge in [0.25, 0.3) is 5.91 Å². The molecule has 0 saturated heterocycles. The Kier molecular flexibility index (Phi) is 3.64. The molecular formula is C15H9F2N3OS. The first-order valence-corrected chi connectivity index (χ1v) is 7.06. The number of thiazole rings is 1. The van der Waals surface area contributed by atoms with Crippen LogP contribution in [0.2, 0.25) is 0 Å². The highest BCUT2D eigenvalue weighted by molar-refractivity contribution is 7.18. The highest BCUT2D eigenvalue weighted by atomic mass is 32.1. The second kappa shape index (κ2) is 5.61. The number of carbonyl (C=O) groups is 1. The van der Waals surface area contributed by atoms with Gasteiger partial charge in [0.1, 0.15) is 22.3 Å². The van der Waals surface area contributed by atoms with Gasteiger partial charge in [-0.15, -0.1) is 11.3 Å². The van der Waals surface area contributed by atoms with Gasteiger partial charge in [-0.2, -0.15) is 0 Å². The number of hydrogen-bond acceptors (Lipinski definition) is 4. The van der Waals surface area contributed by atoms with Crippen molar-refractivity contribution in [3.63, 3.8) is 0 Å². The zero-order valence-corrected chi connectivity index (χ0v) is 11.9. The molecule has 3 rings (SSSR count). The lowest BCUT2D eigenvalue weighted by molar-refractivity contribution is 0.0997. The van der Waals surface area contributed by atoms with Crippen LogP contribution < -0.4 is 5.73 Å². The van der Waals surface area contributed by atoms with Crippen LogP contribution in [-0.2, 0) is 0 Å². The van der Waals surface area contributed by atoms with Crippen LogP contribution in [-0.4, -0.2) is 15.9 Å². The minimum absolute atomic E-state index is 0.0463. The number of aromatic nitrogens is 2. The Morgan fingerprint density at radius 2 is 1.82 bits per heavy atom. The van der Waals surface area contributed by atoms with E-state index in [4.69, 9.17) is 5.73 Å². The number of hydrogen-bond donors (Lipinski definition) is 1. The zero-order chi connectivity index (χ0) is 15.7. The smallest absolute Gasteiger partial charge is 0.268 e. The molecule has 1 aromatic carbocycles. The van der Waals surface area contributed by atoms with Crippen LogP contribution in [0.25, 0.3) is 21.1 Å². The quantitative estimate of drug-likeness (QED) is 0.806. The molecule has 110 valence electrons. The van der Waals surface area contributed by atoms with Crippen molar-refractivity contribution in [2.24, 2.45) is 5.73 Å². The van der Waals surface area contributed by atoms with Crippen molar-refractivity contribution in [2.45, 2.75) is 0 Å². The van der Waals surface area contributed by atoms with Crippen LogP contribution in [0.5, 0.6) is 0 Å². The van der Waals surface area contributed by atoms with Crippen LogP contribution in [0.4, 0.5) is 8.78 Å². The van der Waals surface area contributed by atoms with E-state index in [1.165, 1.54) is 6.07 Å². The molecule has 1 amide bonds. The molecule has 3 aromatic rings. The fourth-order valence-electron chi connectivity index (χ4n) is 1.97. The normalized spacial score (nSPS) is 10.6. The second-order valence-electron chi connectivity index (χ2n) is 4.37. The monoisotopic (exact) mass is 317 g/mol. The second-order valence-corrected chi connectivity index (χ2v) is 5.37. The summed E-state index contributed by atoms with van der Waals surface area (Å²) in [4.78, 5) is 20.1. The molecule has 0 fully saturated rings. The molecule has 7 heteroatoms. The summed E-state index contributed by atoms with van der Waals surface area (Å²) in [5, 5.41) is 0.0463. The molecule has 2 aromatic heterocycles. The predicted molar refractivity (Wildman–Crippen MR) is 79.2 cm³/mol. The average molecular weight is 317 g/mol. The summed E-state index contributed by atoms with van der Waals surface area (Å²) < 4.78 is 27.8. The first-order chi connectivity index (χ1) is 10.6. The molecule has 4 nitrogen and oxygen atoms in total. The summed E-state index contributed by atoms with van der Waals surface area (Å²) >= 11 is 0.968. The Labute approximate surface area is 128 Å². The van der Waals surface area contributed by atoms with Crippen LogP contribution in [0.15, 0.2) is 42.6 Å². The van der Waals surface area contributed by atoms with Gasteiger partial charge in [0, 0.05) is 6.20 Å². The van der Waals surface area contributed by atoms with Crippen LogP contribution in [0.1, 0.15) is 10.5 Å². The van der Waals surface area contributed by atoms with E-state index in [-0.39, 0.29) is 16.3 Å². The van der Waals surface area contributed by atoms with Gasteiger partial charge in [0.2, 0.25) is 0 Å². The molecule has 22 heavy (non-hydrogen) atoms. The molecule has 0 aliphatic carbocycles. The molecule has 0 radical (unpaired) electrons. The molecular weight excluding hydrogens is 308 g/mol. The Morgan fingerprint density at radius 1 is 1.09 bits per heavy atom. The molecule has 2 heterocycles. The van der Waals surface area contributed by atoms with Gasteiger partial charge >= 0.3 is 0 Å². The Bertz CT molecular complexity index is 829. The van der Waals surface area contributed by atoms with E-state index in [1.54, 1.807) is 24.4 Å². The van der Waals surface area contributed by atoms with Crippen molar-refractivity contribution >= 4 is 17.2 Å². The van der Waals surface area contributed by atoms with E-state index in [2.05, 4.69) is 9.97 Å². The summed E-state index contributed by atoms with van der Waals surface area (Å²) in [5.41, 5.74) is 5.44. The maximum atomic E-state index is 13.9. The van der Waals surface area contributed by atoms with Crippen LogP contribution in [0, 0.1) is 11.6 Å². The van der Waals surface area contributed by atoms with Crippen molar-refractivity contribution in [2.75, 3.05) is 0 Å². The maximum absolute atomic E-state index is 13.9. The number of rotatable bonds is 3. The highest BCUT2D eigenvalue weighted by Gasteiger charge is 2.22. The molecule has 0 spiro atoms. The van der Waals surface area contributed by atoms with E-state index < -0.39 is 17.5 Å². The third-order valence-corrected chi connectivity index (χ3v) is 4.03. The van der Waals surface area contributed by atoms with E-state index in [9.17, 15) is 13.6 Å². The lowest BCUT2D eigenvalue weighted by Gasteiger charge is -1.99. The van der Waals surface area contributed by atoms with Crippen molar-refractivity contribution in [3.8, 4) is 21.1 Å². The summed E-state index contributed by atoms with van der Waals surface area (Å²) in [6, 6.07) is 8.63. The largest absolute Gasteiger partial charge is 0.364 e. The van der Waals surface area contributed by atoms with E-state index in [1.807, 2.05) is 0 Å². The molecule has 0 aliphatic rings. The van der Waals surface area contributed by atoms with Gasteiger partial charge in [0.15, 0.2) is 0 Å². The Hall–Kier alpha value is -2.67. The van der Waals surface area contributed by atoms with Gasteiger partial charge in [-0.05, 0) is 24.3 Å². The molecule has 0 bridgehead atoms. The molecule has 0 saturated carbocycles. The number of pyridine rings is 1. The van der Waals surface area contributed by atoms with Crippen LogP contribution >= 0.6 is 11.3 Å². The van der Waals surface area contributed by atoms with Gasteiger partial charge in [0.05, 0.1) is 16.1 Å². The summed E-state index contributed by atoms with van der Waals surface area (Å²) in [7, 11) is 0. The van der Waals surface area contributed by atoms with Crippen molar-refractivity contribution < 1.29 is 13.6 Å². The number of nitrogens with two attached hydrogens (primary N) is 1. The number of carbonyl (C=O) groups excluding carboxylic acids is 1. The minimum atomic E-state index is -0.778. The molecule has 0 aliphatic heterocycles. The number of benzene rings is 1. The maximum Gasteiger partial charge on any atom is 0.268 e. The van der Waals surface area contributed by atoms with Crippen LogP contribution in [0.3, 0.4) is 0 Å². The van der Waals surface area contributed by atoms with Crippen molar-refractivity contribution in [1.29, 1.82) is 0 Å². The van der Waals surface area contributed by atoms with E-state index in [0.29, 0.717) is 10.6 Å². The number of nitrogens with zero attached hydrogens (tertiary/aromatic N) is 2. The lowest BCUT2D eigenvalue weighted by Crippen LogP contribution is -2.12. The van der Waals surface area contributed by atoms with Crippen molar-refractivity contribution in [1.82, 2.24) is 9.97 Å². The van der Waals surface area contributed by atoms with E-state index in [0.717, 1.165) is 23.5 Å². The summed E-state index contributed by atoms with van der Waals surface area (Å²) in [6.07, 6.45) is 1.54. The average Bonchev–Trinajstić information content (AvgIpc) is 2.93.